The highest BCUT2D eigenvalue weighted by molar-refractivity contribution is 6.13. The Labute approximate surface area is 266 Å². The van der Waals surface area contributed by atoms with Crippen LogP contribution < -0.4 is 10.1 Å². The quantitative estimate of drug-likeness (QED) is 0.115. The van der Waals surface area contributed by atoms with E-state index in [1.807, 2.05) is 25.1 Å². The largest absolute Gasteiger partial charge is 0.494 e. The van der Waals surface area contributed by atoms with E-state index in [-0.39, 0.29) is 29.4 Å². The maximum atomic E-state index is 15.1. The first kappa shape index (κ1) is 32.5. The Bertz CT molecular complexity index is 1530. The van der Waals surface area contributed by atoms with E-state index in [2.05, 4.69) is 23.5 Å². The fourth-order valence-electron chi connectivity index (χ4n) is 6.87. The van der Waals surface area contributed by atoms with Crippen LogP contribution in [0.3, 0.4) is 0 Å². The fourth-order valence-corrected chi connectivity index (χ4v) is 6.87. The highest BCUT2D eigenvalue weighted by atomic mass is 19.2. The van der Waals surface area contributed by atoms with Crippen LogP contribution in [0.2, 0.25) is 0 Å². The van der Waals surface area contributed by atoms with Gasteiger partial charge in [-0.3, -0.25) is 9.79 Å². The van der Waals surface area contributed by atoms with Gasteiger partial charge in [0.2, 0.25) is 5.82 Å². The van der Waals surface area contributed by atoms with Crippen molar-refractivity contribution < 1.29 is 18.3 Å². The monoisotopic (exact) mass is 613 g/mol. The zero-order chi connectivity index (χ0) is 31.8. The number of methoxy groups -OCH3 is 1. The molecule has 238 valence electrons. The molecule has 2 aliphatic carbocycles. The minimum absolute atomic E-state index is 0.00103. The van der Waals surface area contributed by atoms with E-state index < -0.39 is 11.6 Å². The molecule has 2 N–H and O–H groups in total. The minimum atomic E-state index is -1.00. The second-order valence-electron chi connectivity index (χ2n) is 12.4. The fraction of sp³-hybridized carbons (Fsp3) is 0.447. The van der Waals surface area contributed by atoms with E-state index in [0.29, 0.717) is 48.4 Å². The summed E-state index contributed by atoms with van der Waals surface area (Å²) in [6.45, 7) is 2.03. The van der Waals surface area contributed by atoms with Crippen molar-refractivity contribution in [3.63, 3.8) is 0 Å². The van der Waals surface area contributed by atoms with Crippen LogP contribution in [0.5, 0.6) is 5.75 Å². The van der Waals surface area contributed by atoms with E-state index >= 15 is 4.39 Å². The molecule has 3 aliphatic rings. The van der Waals surface area contributed by atoms with E-state index in [9.17, 15) is 9.18 Å². The van der Waals surface area contributed by atoms with Crippen molar-refractivity contribution in [1.82, 2.24) is 0 Å². The van der Waals surface area contributed by atoms with Gasteiger partial charge in [-0.05, 0) is 85.9 Å². The number of benzene rings is 2. The molecule has 1 aliphatic heterocycles. The van der Waals surface area contributed by atoms with Crippen LogP contribution in [-0.2, 0) is 6.42 Å². The number of halogens is 2. The van der Waals surface area contributed by atoms with Crippen LogP contribution in [0.4, 0.5) is 14.5 Å². The first-order valence-corrected chi connectivity index (χ1v) is 16.5. The third-order valence-corrected chi connectivity index (χ3v) is 9.42. The molecule has 5 rings (SSSR count). The molecule has 0 spiro atoms. The highest BCUT2D eigenvalue weighted by Gasteiger charge is 2.31. The number of ether oxygens (including phenoxy) is 1. The maximum absolute atomic E-state index is 15.1. The summed E-state index contributed by atoms with van der Waals surface area (Å²) in [6.07, 6.45) is 20.4. The SMILES string of the molecule is CCc1cc(N/C2=C\C/C=C\CCC3C(c4ccc(OC)c(F)c4F)=CN=C23)ccc1C(=O)CC(=N)CCC1CCCCCC1. The lowest BCUT2D eigenvalue weighted by Crippen LogP contribution is -2.20. The molecule has 1 saturated carbocycles. The van der Waals surface area contributed by atoms with Gasteiger partial charge in [0.25, 0.3) is 0 Å². The Morgan fingerprint density at radius 1 is 1.04 bits per heavy atom. The lowest BCUT2D eigenvalue weighted by atomic mass is 9.85. The van der Waals surface area contributed by atoms with E-state index in [0.717, 1.165) is 35.5 Å². The number of aliphatic imine (C=N–C) groups is 1. The van der Waals surface area contributed by atoms with Gasteiger partial charge in [0.1, 0.15) is 0 Å². The van der Waals surface area contributed by atoms with Crippen LogP contribution in [-0.4, -0.2) is 24.3 Å². The van der Waals surface area contributed by atoms with Crippen molar-refractivity contribution in [3.8, 4) is 5.75 Å². The van der Waals surface area contributed by atoms with Gasteiger partial charge >= 0.3 is 0 Å². The normalized spacial score (nSPS) is 20.7. The van der Waals surface area contributed by atoms with Crippen LogP contribution in [0, 0.1) is 28.9 Å². The molecular weight excluding hydrogens is 568 g/mol. The number of rotatable bonds is 11. The number of nitrogens with zero attached hydrogens (tertiary/aromatic N) is 1. The summed E-state index contributed by atoms with van der Waals surface area (Å²) >= 11 is 0. The molecule has 7 heteroatoms. The second kappa shape index (κ2) is 15.4. The number of anilines is 1. The summed E-state index contributed by atoms with van der Waals surface area (Å²) < 4.78 is 34.7. The standard InChI is InChI=1S/C38H45F2N3O2/c1-3-26-22-28(18-19-29(26)34(44)23-27(41)17-16-25-12-8-4-5-9-13-25)43-33-15-11-7-6-10-14-31-32(24-42-38(31)33)30-20-21-35(45-2)37(40)36(30)39/h6-7,15,18-22,24-25,31,41,43H,3-5,8-14,16-17,23H2,1-2H3/b7-6-,33-15-,41-27?. The highest BCUT2D eigenvalue weighted by Crippen LogP contribution is 2.39. The van der Waals surface area contributed by atoms with Gasteiger partial charge in [0, 0.05) is 41.1 Å². The molecule has 2 aromatic carbocycles. The number of carbonyl (C=O) groups is 1. The van der Waals surface area contributed by atoms with Crippen molar-refractivity contribution in [3.05, 3.63) is 88.8 Å². The van der Waals surface area contributed by atoms with Crippen LogP contribution in [0.15, 0.2) is 65.4 Å². The summed E-state index contributed by atoms with van der Waals surface area (Å²) in [5, 5.41) is 12.0. The smallest absolute Gasteiger partial charge is 0.201 e. The number of hydrogen-bond donors (Lipinski definition) is 2. The molecule has 1 fully saturated rings. The minimum Gasteiger partial charge on any atom is -0.494 e. The van der Waals surface area contributed by atoms with Crippen LogP contribution in [0.25, 0.3) is 5.57 Å². The Morgan fingerprint density at radius 3 is 2.60 bits per heavy atom. The molecule has 2 aromatic rings. The van der Waals surface area contributed by atoms with Crippen LogP contribution >= 0.6 is 0 Å². The average molecular weight is 614 g/mol. The van der Waals surface area contributed by atoms with Crippen molar-refractivity contribution in [2.75, 3.05) is 12.4 Å². The lowest BCUT2D eigenvalue weighted by Gasteiger charge is -2.21. The Morgan fingerprint density at radius 2 is 1.84 bits per heavy atom. The van der Waals surface area contributed by atoms with Crippen molar-refractivity contribution in [1.29, 1.82) is 5.41 Å². The summed E-state index contributed by atoms with van der Waals surface area (Å²) in [4.78, 5) is 18.0. The predicted molar refractivity (Wildman–Crippen MR) is 179 cm³/mol. The predicted octanol–water partition coefficient (Wildman–Crippen LogP) is 10.0. The first-order chi connectivity index (χ1) is 21.9. The topological polar surface area (TPSA) is 74.5 Å². The van der Waals surface area contributed by atoms with Gasteiger partial charge in [0.15, 0.2) is 17.3 Å². The van der Waals surface area contributed by atoms with E-state index in [1.165, 1.54) is 51.7 Å². The van der Waals surface area contributed by atoms with Gasteiger partial charge in [-0.1, -0.05) is 63.7 Å². The molecule has 5 nitrogen and oxygen atoms in total. The number of allylic oxidation sites excluding steroid dienone is 5. The number of fused-ring (bicyclic) bond motifs is 1. The zero-order valence-electron chi connectivity index (χ0n) is 26.6. The Hall–Kier alpha value is -3.87. The summed E-state index contributed by atoms with van der Waals surface area (Å²) in [5.41, 5.74) is 5.39. The average Bonchev–Trinajstić information content (AvgIpc) is 3.31. The van der Waals surface area contributed by atoms with Gasteiger partial charge < -0.3 is 15.5 Å². The maximum Gasteiger partial charge on any atom is 0.201 e. The number of nitrogens with one attached hydrogen (secondary N) is 2. The molecule has 1 atom stereocenters. The first-order valence-electron chi connectivity index (χ1n) is 16.5. The van der Waals surface area contributed by atoms with Gasteiger partial charge in [0.05, 0.1) is 18.5 Å². The Kier molecular flexibility index (Phi) is 11.1. The number of aryl methyl sites for hydroxylation is 1. The van der Waals surface area contributed by atoms with Crippen molar-refractivity contribution in [2.45, 2.75) is 90.4 Å². The molecule has 0 aromatic heterocycles. The molecule has 1 unspecified atom stereocenters. The number of ketones is 1. The molecule has 45 heavy (non-hydrogen) atoms. The third kappa shape index (κ3) is 7.86. The van der Waals surface area contributed by atoms with E-state index in [1.54, 1.807) is 12.3 Å². The van der Waals surface area contributed by atoms with Crippen LogP contribution in [0.1, 0.15) is 105 Å². The number of carbonyl (C=O) groups excluding carboxylic acids is 1. The van der Waals surface area contributed by atoms with Crippen molar-refractivity contribution in [2.24, 2.45) is 16.8 Å². The molecule has 1 heterocycles. The zero-order valence-corrected chi connectivity index (χ0v) is 26.6. The van der Waals surface area contributed by atoms with Gasteiger partial charge in [-0.15, -0.1) is 0 Å². The summed E-state index contributed by atoms with van der Waals surface area (Å²) in [6, 6.07) is 8.78. The number of Topliss-reactive ketones (excluding diaryl/α,β-unsaturated/α-hetero) is 1. The third-order valence-electron chi connectivity index (χ3n) is 9.42. The van der Waals surface area contributed by atoms with Crippen molar-refractivity contribution >= 4 is 28.5 Å². The molecule has 0 amide bonds. The molecule has 0 radical (unpaired) electrons. The Balaban J connectivity index is 1.29. The second-order valence-corrected chi connectivity index (χ2v) is 12.4. The van der Waals surface area contributed by atoms with Gasteiger partial charge in [-0.25, -0.2) is 4.39 Å². The van der Waals surface area contributed by atoms with E-state index in [4.69, 9.17) is 15.1 Å². The molecular formula is C38H45F2N3O2. The molecule has 0 saturated heterocycles. The molecule has 0 bridgehead atoms. The van der Waals surface area contributed by atoms with Gasteiger partial charge in [-0.2, -0.15) is 4.39 Å². The number of hydrogen-bond acceptors (Lipinski definition) is 5. The summed E-state index contributed by atoms with van der Waals surface area (Å²) in [5.74, 6) is -1.60. The lowest BCUT2D eigenvalue weighted by molar-refractivity contribution is 0.0999. The summed E-state index contributed by atoms with van der Waals surface area (Å²) in [7, 11) is 1.32.